The van der Waals surface area contributed by atoms with Crippen molar-refractivity contribution in [1.29, 1.82) is 0 Å². The van der Waals surface area contributed by atoms with E-state index >= 15 is 0 Å². The minimum atomic E-state index is 0.0556. The Labute approximate surface area is 262 Å². The molecule has 1 aromatic heterocycles. The van der Waals surface area contributed by atoms with Gasteiger partial charge in [-0.05, 0) is 99.8 Å². The van der Waals surface area contributed by atoms with E-state index in [0.29, 0.717) is 0 Å². The summed E-state index contributed by atoms with van der Waals surface area (Å²) in [7, 11) is 0. The van der Waals surface area contributed by atoms with E-state index < -0.39 is 0 Å². The molecular weight excluding hydrogens is 554 g/mol. The van der Waals surface area contributed by atoms with Crippen LogP contribution < -0.4 is 0 Å². The number of rotatable bonds is 2. The van der Waals surface area contributed by atoms with Crippen LogP contribution in [0, 0.1) is 0 Å². The lowest BCUT2D eigenvalue weighted by Crippen LogP contribution is -2.28. The fourth-order valence-corrected chi connectivity index (χ4v) is 9.10. The Morgan fingerprint density at radius 3 is 2.14 bits per heavy atom. The van der Waals surface area contributed by atoms with E-state index in [1.54, 1.807) is 5.56 Å². The molecule has 0 unspecified atom stereocenters. The molecule has 1 nitrogen and oxygen atoms in total. The zero-order chi connectivity index (χ0) is 29.0. The summed E-state index contributed by atoms with van der Waals surface area (Å²) in [5.41, 5.74) is 17.6. The number of hydrogen-bond acceptors (Lipinski definition) is 0. The minimum Gasteiger partial charge on any atom is -0.308 e. The molecular formula is C42H30ClN. The van der Waals surface area contributed by atoms with Crippen molar-refractivity contribution in [2.45, 2.75) is 37.5 Å². The van der Waals surface area contributed by atoms with Gasteiger partial charge in [0.2, 0.25) is 0 Å². The quantitative estimate of drug-likeness (QED) is 0.191. The number of aromatic nitrogens is 1. The molecule has 0 amide bonds. The fraction of sp³-hybridized carbons (Fsp3) is 0.143. The van der Waals surface area contributed by atoms with E-state index in [9.17, 15) is 0 Å². The highest BCUT2D eigenvalue weighted by Gasteiger charge is 2.47. The van der Waals surface area contributed by atoms with E-state index in [1.165, 1.54) is 104 Å². The molecule has 44 heavy (non-hydrogen) atoms. The topological polar surface area (TPSA) is 4.93 Å². The van der Waals surface area contributed by atoms with Gasteiger partial charge in [0.25, 0.3) is 0 Å². The summed E-state index contributed by atoms with van der Waals surface area (Å²) in [6.45, 7) is 0. The van der Waals surface area contributed by atoms with E-state index in [4.69, 9.17) is 11.6 Å². The molecule has 1 aliphatic heterocycles. The normalized spacial score (nSPS) is 15.6. The molecule has 7 aromatic rings. The van der Waals surface area contributed by atoms with Crippen LogP contribution in [0.4, 0.5) is 0 Å². The molecule has 0 N–H and O–H groups in total. The van der Waals surface area contributed by atoms with Crippen molar-refractivity contribution < 1.29 is 0 Å². The minimum absolute atomic E-state index is 0.0556. The Morgan fingerprint density at radius 2 is 1.27 bits per heavy atom. The van der Waals surface area contributed by atoms with Gasteiger partial charge in [0.1, 0.15) is 0 Å². The van der Waals surface area contributed by atoms with Crippen molar-refractivity contribution >= 4 is 33.4 Å². The highest BCUT2D eigenvalue weighted by Crippen LogP contribution is 2.62. The third-order valence-electron chi connectivity index (χ3n) is 10.8. The first-order valence-electron chi connectivity index (χ1n) is 15.9. The van der Waals surface area contributed by atoms with Crippen LogP contribution in [0.2, 0.25) is 5.02 Å². The van der Waals surface area contributed by atoms with Gasteiger partial charge in [0.05, 0.1) is 16.7 Å². The van der Waals surface area contributed by atoms with Gasteiger partial charge in [-0.25, -0.2) is 0 Å². The van der Waals surface area contributed by atoms with Crippen LogP contribution in [0.15, 0.2) is 121 Å². The first-order valence-corrected chi connectivity index (χ1v) is 16.3. The molecule has 0 saturated heterocycles. The predicted molar refractivity (Wildman–Crippen MR) is 185 cm³/mol. The van der Waals surface area contributed by atoms with Gasteiger partial charge in [-0.1, -0.05) is 110 Å². The van der Waals surface area contributed by atoms with Gasteiger partial charge in [-0.3, -0.25) is 0 Å². The van der Waals surface area contributed by atoms with E-state index in [2.05, 4.69) is 114 Å². The van der Waals surface area contributed by atoms with Crippen LogP contribution in [0.1, 0.15) is 43.2 Å². The number of para-hydroxylation sites is 2. The second kappa shape index (κ2) is 8.97. The molecule has 1 saturated carbocycles. The van der Waals surface area contributed by atoms with Crippen molar-refractivity contribution in [3.05, 3.63) is 137 Å². The predicted octanol–water partition coefficient (Wildman–Crippen LogP) is 12.0. The lowest BCUT2D eigenvalue weighted by Gasteiger charge is -2.36. The molecule has 0 bridgehead atoms. The third kappa shape index (κ3) is 3.20. The summed E-state index contributed by atoms with van der Waals surface area (Å²) in [5, 5.41) is 3.46. The lowest BCUT2D eigenvalue weighted by atomic mass is 9.67. The molecule has 1 spiro atoms. The first-order chi connectivity index (χ1) is 21.7. The van der Waals surface area contributed by atoms with Crippen LogP contribution >= 0.6 is 11.6 Å². The van der Waals surface area contributed by atoms with Crippen LogP contribution in [-0.2, 0) is 5.41 Å². The van der Waals surface area contributed by atoms with E-state index in [1.807, 2.05) is 12.1 Å². The Bertz CT molecular complexity index is 2330. The summed E-state index contributed by atoms with van der Waals surface area (Å²) in [5.74, 6) is 0. The number of nitrogens with zero attached hydrogens (tertiary/aromatic N) is 1. The number of fused-ring (bicyclic) bond motifs is 8. The molecule has 6 aromatic carbocycles. The monoisotopic (exact) mass is 583 g/mol. The van der Waals surface area contributed by atoms with Crippen LogP contribution in [0.3, 0.4) is 0 Å². The Morgan fingerprint density at radius 1 is 0.523 bits per heavy atom. The summed E-state index contributed by atoms with van der Waals surface area (Å²) in [6, 6.07) is 45.2. The summed E-state index contributed by atoms with van der Waals surface area (Å²) in [4.78, 5) is 0. The maximum atomic E-state index is 6.41. The van der Waals surface area contributed by atoms with E-state index in [0.717, 1.165) is 10.6 Å². The molecule has 2 aliphatic carbocycles. The summed E-state index contributed by atoms with van der Waals surface area (Å²) < 4.78 is 2.57. The van der Waals surface area contributed by atoms with Gasteiger partial charge in [0, 0.05) is 32.3 Å². The van der Waals surface area contributed by atoms with Crippen molar-refractivity contribution in [3.8, 4) is 50.2 Å². The molecule has 210 valence electrons. The third-order valence-corrected chi connectivity index (χ3v) is 11.0. The molecule has 2 heterocycles. The van der Waals surface area contributed by atoms with Crippen molar-refractivity contribution in [1.82, 2.24) is 4.57 Å². The average molecular weight is 584 g/mol. The first kappa shape index (κ1) is 24.8. The zero-order valence-corrected chi connectivity index (χ0v) is 25.2. The highest BCUT2D eigenvalue weighted by molar-refractivity contribution is 6.30. The summed E-state index contributed by atoms with van der Waals surface area (Å²) >= 11 is 6.41. The van der Waals surface area contributed by atoms with Gasteiger partial charge < -0.3 is 4.57 Å². The van der Waals surface area contributed by atoms with Crippen molar-refractivity contribution in [2.75, 3.05) is 0 Å². The second-order valence-electron chi connectivity index (χ2n) is 12.9. The second-order valence-corrected chi connectivity index (χ2v) is 13.4. The SMILES string of the molecule is Clc1cccc(-c2cccc(-c3cc4c5c(c3)C3(CCCCC3)c3ccc6c7ccccc7n(c6c3-5)-c3ccccc3-4)c2)c1. The zero-order valence-electron chi connectivity index (χ0n) is 24.4. The molecule has 10 rings (SSSR count). The van der Waals surface area contributed by atoms with Gasteiger partial charge >= 0.3 is 0 Å². The largest absolute Gasteiger partial charge is 0.308 e. The van der Waals surface area contributed by atoms with Crippen molar-refractivity contribution in [3.63, 3.8) is 0 Å². The number of hydrogen-bond donors (Lipinski definition) is 0. The number of benzene rings is 6. The van der Waals surface area contributed by atoms with Gasteiger partial charge in [-0.15, -0.1) is 0 Å². The van der Waals surface area contributed by atoms with Crippen LogP contribution in [0.25, 0.3) is 72.0 Å². The maximum absolute atomic E-state index is 6.41. The Balaban J connectivity index is 1.33. The van der Waals surface area contributed by atoms with E-state index in [-0.39, 0.29) is 5.41 Å². The molecule has 0 radical (unpaired) electrons. The van der Waals surface area contributed by atoms with Gasteiger partial charge in [-0.2, -0.15) is 0 Å². The molecule has 3 aliphatic rings. The smallest absolute Gasteiger partial charge is 0.0623 e. The van der Waals surface area contributed by atoms with Gasteiger partial charge in [0.15, 0.2) is 0 Å². The van der Waals surface area contributed by atoms with Crippen LogP contribution in [0.5, 0.6) is 0 Å². The molecule has 2 heteroatoms. The molecule has 0 atom stereocenters. The standard InChI is InChI=1S/C42H30ClN/c43-30-13-9-12-28(23-30)26-10-8-11-27(22-26)29-24-34-32-15-3-5-17-38(32)44-37-16-4-2-14-31(37)33-18-19-35-40(41(33)44)39(34)36(25-29)42(35)20-6-1-7-21-42/h2-5,8-19,22-25H,1,6-7,20-21H2. The highest BCUT2D eigenvalue weighted by atomic mass is 35.5. The van der Waals surface area contributed by atoms with Crippen LogP contribution in [-0.4, -0.2) is 4.57 Å². The number of halogens is 1. The maximum Gasteiger partial charge on any atom is 0.0623 e. The Kier molecular flexibility index (Phi) is 5.06. The lowest BCUT2D eigenvalue weighted by molar-refractivity contribution is 0.353. The molecule has 1 fully saturated rings. The average Bonchev–Trinajstić information content (AvgIpc) is 3.50. The Hall–Kier alpha value is -4.59. The fourth-order valence-electron chi connectivity index (χ4n) is 8.91. The van der Waals surface area contributed by atoms with Crippen molar-refractivity contribution in [2.24, 2.45) is 0 Å². The summed E-state index contributed by atoms with van der Waals surface area (Å²) in [6.07, 6.45) is 6.31.